The van der Waals surface area contributed by atoms with Crippen molar-refractivity contribution in [3.8, 4) is 0 Å². The van der Waals surface area contributed by atoms with E-state index in [9.17, 15) is 5.11 Å². The third-order valence-electron chi connectivity index (χ3n) is 5.29. The van der Waals surface area contributed by atoms with Crippen molar-refractivity contribution in [2.24, 2.45) is 0 Å². The van der Waals surface area contributed by atoms with Crippen molar-refractivity contribution in [2.75, 3.05) is 6.54 Å². The van der Waals surface area contributed by atoms with Crippen molar-refractivity contribution in [2.45, 2.75) is 11.6 Å². The number of rotatable bonds is 3. The predicted octanol–water partition coefficient (Wildman–Crippen LogP) is 4.20. The van der Waals surface area contributed by atoms with Crippen LogP contribution in [-0.4, -0.2) is 17.7 Å². The van der Waals surface area contributed by atoms with Crippen LogP contribution in [0, 0.1) is 0 Å². The molecule has 2 nitrogen and oxygen atoms in total. The van der Waals surface area contributed by atoms with Crippen LogP contribution in [0.25, 0.3) is 21.5 Å². The topological polar surface area (TPSA) is 42.2 Å². The van der Waals surface area contributed by atoms with Gasteiger partial charge in [0.25, 0.3) is 0 Å². The predicted molar refractivity (Wildman–Crippen MR) is 103 cm³/mol. The summed E-state index contributed by atoms with van der Waals surface area (Å²) in [5.74, 6) is 0. The van der Waals surface area contributed by atoms with Gasteiger partial charge in [0.15, 0.2) is 0 Å². The molecule has 0 unspecified atom stereocenters. The van der Waals surface area contributed by atoms with Crippen molar-refractivity contribution in [3.63, 3.8) is 0 Å². The first-order valence-electron chi connectivity index (χ1n) is 8.69. The first kappa shape index (κ1) is 14.6. The Morgan fingerprint density at radius 2 is 1.12 bits per heavy atom. The number of aliphatic hydroxyl groups is 1. The molecule has 25 heavy (non-hydrogen) atoms. The normalized spacial score (nSPS) is 17.1. The highest BCUT2D eigenvalue weighted by Crippen LogP contribution is 2.39. The first-order valence-corrected chi connectivity index (χ1v) is 8.69. The minimum Gasteiger partial charge on any atom is -0.379 e. The van der Waals surface area contributed by atoms with E-state index in [1.807, 2.05) is 24.3 Å². The lowest BCUT2D eigenvalue weighted by molar-refractivity contribution is 0.0796. The zero-order valence-electron chi connectivity index (χ0n) is 13.8. The smallest absolute Gasteiger partial charge is 0.131 e. The molecule has 0 radical (unpaired) electrons. The highest BCUT2D eigenvalue weighted by Gasteiger charge is 2.46. The van der Waals surface area contributed by atoms with Gasteiger partial charge in [0.2, 0.25) is 0 Å². The Kier molecular flexibility index (Phi) is 3.17. The first-order chi connectivity index (χ1) is 12.2. The van der Waals surface area contributed by atoms with Gasteiger partial charge in [-0.1, -0.05) is 72.8 Å². The number of hydrogen-bond donors (Lipinski definition) is 2. The molecule has 1 aliphatic heterocycles. The Bertz CT molecular complexity index is 1000. The van der Waals surface area contributed by atoms with Crippen molar-refractivity contribution in [1.29, 1.82) is 0 Å². The van der Waals surface area contributed by atoms with Crippen molar-refractivity contribution < 1.29 is 5.11 Å². The largest absolute Gasteiger partial charge is 0.379 e. The summed E-state index contributed by atoms with van der Waals surface area (Å²) in [6.45, 7) is 0.830. The van der Waals surface area contributed by atoms with E-state index in [4.69, 9.17) is 0 Å². The molecule has 5 rings (SSSR count). The fourth-order valence-electron chi connectivity index (χ4n) is 3.78. The van der Waals surface area contributed by atoms with Crippen molar-refractivity contribution in [1.82, 2.24) is 5.32 Å². The monoisotopic (exact) mass is 325 g/mol. The molecule has 4 aromatic carbocycles. The fraction of sp³-hybridized carbons (Fsp3) is 0.130. The summed E-state index contributed by atoms with van der Waals surface area (Å²) >= 11 is 0. The second kappa shape index (κ2) is 5.41. The summed E-state index contributed by atoms with van der Waals surface area (Å²) in [4.78, 5) is 0. The summed E-state index contributed by atoms with van der Waals surface area (Å²) in [6.07, 6.45) is 0. The highest BCUT2D eigenvalue weighted by molar-refractivity contribution is 5.85. The molecular formula is C23H19NO. The number of hydrogen-bond acceptors (Lipinski definition) is 2. The third-order valence-corrected chi connectivity index (χ3v) is 5.29. The van der Waals surface area contributed by atoms with E-state index in [0.29, 0.717) is 0 Å². The van der Waals surface area contributed by atoms with Gasteiger partial charge in [0.1, 0.15) is 5.60 Å². The lowest BCUT2D eigenvalue weighted by atomic mass is 9.82. The number of fused-ring (bicyclic) bond motifs is 2. The van der Waals surface area contributed by atoms with Gasteiger partial charge in [0.05, 0.1) is 6.04 Å². The zero-order valence-corrected chi connectivity index (χ0v) is 13.8. The van der Waals surface area contributed by atoms with Gasteiger partial charge in [-0.3, -0.25) is 0 Å². The molecule has 1 heterocycles. The molecule has 0 aromatic heterocycles. The van der Waals surface area contributed by atoms with Gasteiger partial charge in [-0.05, 0) is 44.8 Å². The average molecular weight is 325 g/mol. The maximum atomic E-state index is 11.8. The van der Waals surface area contributed by atoms with E-state index in [1.54, 1.807) is 0 Å². The van der Waals surface area contributed by atoms with E-state index in [1.165, 1.54) is 10.8 Å². The minimum absolute atomic E-state index is 0.0508. The molecule has 2 N–H and O–H groups in total. The van der Waals surface area contributed by atoms with Crippen LogP contribution in [0.4, 0.5) is 0 Å². The summed E-state index contributed by atoms with van der Waals surface area (Å²) in [5.41, 5.74) is 0.863. The molecule has 1 saturated heterocycles. The average Bonchev–Trinajstić information content (AvgIpc) is 3.52. The Balaban J connectivity index is 1.71. The van der Waals surface area contributed by atoms with Crippen LogP contribution in [0.1, 0.15) is 11.1 Å². The number of nitrogens with one attached hydrogen (secondary N) is 1. The van der Waals surface area contributed by atoms with Crippen molar-refractivity contribution >= 4 is 21.5 Å². The molecule has 1 aliphatic rings. The van der Waals surface area contributed by atoms with Gasteiger partial charge in [-0.15, -0.1) is 0 Å². The maximum absolute atomic E-state index is 11.8. The molecule has 1 fully saturated rings. The van der Waals surface area contributed by atoms with Gasteiger partial charge >= 0.3 is 0 Å². The fourth-order valence-corrected chi connectivity index (χ4v) is 3.78. The van der Waals surface area contributed by atoms with Crippen LogP contribution < -0.4 is 5.32 Å². The van der Waals surface area contributed by atoms with Gasteiger partial charge in [-0.2, -0.15) is 0 Å². The molecule has 2 heteroatoms. The molecule has 4 aromatic rings. The highest BCUT2D eigenvalue weighted by atomic mass is 16.3. The van der Waals surface area contributed by atoms with Gasteiger partial charge in [-0.25, -0.2) is 0 Å². The lowest BCUT2D eigenvalue weighted by Gasteiger charge is -2.29. The van der Waals surface area contributed by atoms with Crippen LogP contribution in [0.2, 0.25) is 0 Å². The molecular weight excluding hydrogens is 306 g/mol. The molecule has 0 aliphatic carbocycles. The van der Waals surface area contributed by atoms with Gasteiger partial charge < -0.3 is 10.4 Å². The van der Waals surface area contributed by atoms with Crippen LogP contribution >= 0.6 is 0 Å². The van der Waals surface area contributed by atoms with E-state index >= 15 is 0 Å². The SMILES string of the molecule is OC(c1ccc2ccccc2c1)(c1ccc2ccccc2c1)[C@@H]1CN1. The Morgan fingerprint density at radius 1 is 0.680 bits per heavy atom. The standard InChI is InChI=1S/C23H19NO/c25-23(22-15-24-22,20-11-9-16-5-1-3-7-18(16)13-20)21-12-10-17-6-2-4-8-19(17)14-21/h1-14,22,24-25H,15H2/t22-/m0/s1. The Morgan fingerprint density at radius 3 is 1.56 bits per heavy atom. The van der Waals surface area contributed by atoms with Crippen LogP contribution in [0.15, 0.2) is 84.9 Å². The molecule has 0 amide bonds. The maximum Gasteiger partial charge on any atom is 0.131 e. The van der Waals surface area contributed by atoms with E-state index in [0.717, 1.165) is 28.4 Å². The van der Waals surface area contributed by atoms with Gasteiger partial charge in [0, 0.05) is 6.54 Å². The molecule has 1 atom stereocenters. The van der Waals surface area contributed by atoms with E-state index < -0.39 is 5.60 Å². The minimum atomic E-state index is -1.02. The second-order valence-corrected chi connectivity index (χ2v) is 6.85. The van der Waals surface area contributed by atoms with Crippen molar-refractivity contribution in [3.05, 3.63) is 96.1 Å². The van der Waals surface area contributed by atoms with Crippen LogP contribution in [0.5, 0.6) is 0 Å². The molecule has 0 bridgehead atoms. The van der Waals surface area contributed by atoms with Crippen LogP contribution in [0.3, 0.4) is 0 Å². The molecule has 122 valence electrons. The lowest BCUT2D eigenvalue weighted by Crippen LogP contribution is -2.35. The zero-order chi connectivity index (χ0) is 16.9. The summed E-state index contributed by atoms with van der Waals surface area (Å²) < 4.78 is 0. The van der Waals surface area contributed by atoms with E-state index in [2.05, 4.69) is 66.0 Å². The quantitative estimate of drug-likeness (QED) is 0.554. The van der Waals surface area contributed by atoms with E-state index in [-0.39, 0.29) is 6.04 Å². The third kappa shape index (κ3) is 2.34. The second-order valence-electron chi connectivity index (χ2n) is 6.85. The summed E-state index contributed by atoms with van der Waals surface area (Å²) in [5, 5.41) is 19.8. The Labute approximate surface area is 146 Å². The summed E-state index contributed by atoms with van der Waals surface area (Å²) in [6, 6.07) is 29.1. The summed E-state index contributed by atoms with van der Waals surface area (Å²) in [7, 11) is 0. The molecule has 0 spiro atoms. The number of benzene rings is 4. The molecule has 0 saturated carbocycles. The Hall–Kier alpha value is -2.68. The van der Waals surface area contributed by atoms with Crippen LogP contribution in [-0.2, 0) is 5.60 Å².